The topological polar surface area (TPSA) is 104 Å². The molecule has 1 aromatic carbocycles. The summed E-state index contributed by atoms with van der Waals surface area (Å²) >= 11 is 0. The van der Waals surface area contributed by atoms with Gasteiger partial charge in [-0.3, -0.25) is 9.78 Å². The van der Waals surface area contributed by atoms with Crippen molar-refractivity contribution in [3.63, 3.8) is 0 Å². The SMILES string of the molecule is CCCCC(OC(=O)Cc1ccccn1)c1ccccc1C(=O)OC1CO[C@@H]2[C@H](O)CO[C@H]12. The largest absolute Gasteiger partial charge is 0.457 e. The maximum absolute atomic E-state index is 13.1. The lowest BCUT2D eigenvalue weighted by Crippen LogP contribution is -2.34. The highest BCUT2D eigenvalue weighted by molar-refractivity contribution is 5.91. The van der Waals surface area contributed by atoms with Crippen LogP contribution < -0.4 is 0 Å². The number of hydrogen-bond donors (Lipinski definition) is 1. The summed E-state index contributed by atoms with van der Waals surface area (Å²) in [4.78, 5) is 29.9. The number of unbranched alkanes of at least 4 members (excludes halogenated alkanes) is 1. The van der Waals surface area contributed by atoms with Gasteiger partial charge in [0, 0.05) is 11.8 Å². The molecule has 33 heavy (non-hydrogen) atoms. The number of carbonyl (C=O) groups excluding carboxylic acids is 2. The van der Waals surface area contributed by atoms with Crippen LogP contribution in [0.2, 0.25) is 0 Å². The molecule has 5 atom stereocenters. The number of carbonyl (C=O) groups is 2. The van der Waals surface area contributed by atoms with E-state index in [2.05, 4.69) is 11.9 Å². The second-order valence-electron chi connectivity index (χ2n) is 8.31. The molecule has 3 heterocycles. The molecule has 0 aliphatic carbocycles. The van der Waals surface area contributed by atoms with Crippen molar-refractivity contribution in [2.45, 2.75) is 63.1 Å². The third-order valence-electron chi connectivity index (χ3n) is 5.91. The fourth-order valence-corrected chi connectivity index (χ4v) is 4.23. The molecule has 2 aliphatic heterocycles. The molecule has 1 aromatic heterocycles. The summed E-state index contributed by atoms with van der Waals surface area (Å²) in [6.07, 6.45) is 1.15. The van der Waals surface area contributed by atoms with Crippen LogP contribution in [0.5, 0.6) is 0 Å². The van der Waals surface area contributed by atoms with Gasteiger partial charge in [0.1, 0.15) is 24.4 Å². The lowest BCUT2D eigenvalue weighted by Gasteiger charge is -2.22. The number of aliphatic hydroxyl groups is 1. The monoisotopic (exact) mass is 455 g/mol. The van der Waals surface area contributed by atoms with E-state index in [1.165, 1.54) is 0 Å². The molecule has 0 radical (unpaired) electrons. The number of pyridine rings is 1. The maximum atomic E-state index is 13.1. The van der Waals surface area contributed by atoms with E-state index in [9.17, 15) is 14.7 Å². The van der Waals surface area contributed by atoms with Crippen LogP contribution in [0.15, 0.2) is 48.7 Å². The van der Waals surface area contributed by atoms with E-state index in [1.54, 1.807) is 36.5 Å². The minimum absolute atomic E-state index is 0.0538. The average molecular weight is 456 g/mol. The molecule has 1 N–H and O–H groups in total. The minimum Gasteiger partial charge on any atom is -0.457 e. The van der Waals surface area contributed by atoms with E-state index >= 15 is 0 Å². The predicted octanol–water partition coefficient (Wildman–Crippen LogP) is 2.78. The summed E-state index contributed by atoms with van der Waals surface area (Å²) in [5.41, 5.74) is 1.57. The molecule has 8 nitrogen and oxygen atoms in total. The zero-order valence-electron chi connectivity index (χ0n) is 18.6. The van der Waals surface area contributed by atoms with Crippen molar-refractivity contribution < 1.29 is 33.6 Å². The molecular formula is C25H29NO7. The molecule has 4 rings (SSSR count). The fourth-order valence-electron chi connectivity index (χ4n) is 4.23. The predicted molar refractivity (Wildman–Crippen MR) is 117 cm³/mol. The Bertz CT molecular complexity index is 951. The Labute approximate surface area is 192 Å². The summed E-state index contributed by atoms with van der Waals surface area (Å²) in [5.74, 6) is -0.939. The molecule has 2 aromatic rings. The third kappa shape index (κ3) is 5.58. The second kappa shape index (κ2) is 10.9. The van der Waals surface area contributed by atoms with E-state index in [-0.39, 0.29) is 19.6 Å². The van der Waals surface area contributed by atoms with E-state index in [1.807, 2.05) is 12.1 Å². The van der Waals surface area contributed by atoms with Crippen LogP contribution in [0.3, 0.4) is 0 Å². The van der Waals surface area contributed by atoms with Crippen LogP contribution in [0.1, 0.15) is 53.9 Å². The summed E-state index contributed by atoms with van der Waals surface area (Å²) in [6.45, 7) is 2.38. The van der Waals surface area contributed by atoms with Crippen LogP contribution >= 0.6 is 0 Å². The van der Waals surface area contributed by atoms with Crippen molar-refractivity contribution in [2.24, 2.45) is 0 Å². The van der Waals surface area contributed by atoms with Crippen molar-refractivity contribution >= 4 is 11.9 Å². The highest BCUT2D eigenvalue weighted by atomic mass is 16.6. The van der Waals surface area contributed by atoms with Crippen LogP contribution in [-0.4, -0.2) is 59.7 Å². The number of hydrogen-bond acceptors (Lipinski definition) is 8. The zero-order valence-corrected chi connectivity index (χ0v) is 18.6. The number of benzene rings is 1. The Balaban J connectivity index is 1.48. The molecule has 0 saturated carbocycles. The van der Waals surface area contributed by atoms with Gasteiger partial charge in [0.25, 0.3) is 0 Å². The Hall–Kier alpha value is -2.81. The summed E-state index contributed by atoms with van der Waals surface area (Å²) < 4.78 is 22.6. The Morgan fingerprint density at radius 2 is 1.91 bits per heavy atom. The molecule has 0 spiro atoms. The number of ether oxygens (including phenoxy) is 4. The third-order valence-corrected chi connectivity index (χ3v) is 5.91. The molecule has 2 fully saturated rings. The molecule has 0 bridgehead atoms. The first-order valence-corrected chi connectivity index (χ1v) is 11.4. The highest BCUT2D eigenvalue weighted by Gasteiger charge is 2.49. The molecule has 8 heteroatoms. The molecule has 2 aliphatic rings. The van der Waals surface area contributed by atoms with Crippen LogP contribution in [0, 0.1) is 0 Å². The lowest BCUT2D eigenvalue weighted by atomic mass is 9.98. The van der Waals surface area contributed by atoms with Crippen molar-refractivity contribution in [3.05, 3.63) is 65.5 Å². The lowest BCUT2D eigenvalue weighted by molar-refractivity contribution is -0.149. The van der Waals surface area contributed by atoms with Crippen molar-refractivity contribution in [2.75, 3.05) is 13.2 Å². The van der Waals surface area contributed by atoms with Crippen molar-refractivity contribution in [3.8, 4) is 0 Å². The van der Waals surface area contributed by atoms with Gasteiger partial charge >= 0.3 is 11.9 Å². The van der Waals surface area contributed by atoms with Gasteiger partial charge in [0.05, 0.1) is 30.9 Å². The first-order chi connectivity index (χ1) is 16.1. The van der Waals surface area contributed by atoms with Crippen LogP contribution in [0.25, 0.3) is 0 Å². The van der Waals surface area contributed by atoms with Crippen molar-refractivity contribution in [1.29, 1.82) is 0 Å². The van der Waals surface area contributed by atoms with Gasteiger partial charge in [0.15, 0.2) is 6.10 Å². The summed E-state index contributed by atoms with van der Waals surface area (Å²) in [5, 5.41) is 9.91. The molecular weight excluding hydrogens is 426 g/mol. The number of aliphatic hydroxyl groups excluding tert-OH is 1. The van der Waals surface area contributed by atoms with Gasteiger partial charge in [-0.05, 0) is 31.0 Å². The quantitative estimate of drug-likeness (QED) is 0.576. The first kappa shape index (κ1) is 23.4. The Kier molecular flexibility index (Phi) is 7.69. The van der Waals surface area contributed by atoms with Gasteiger partial charge in [-0.25, -0.2) is 4.79 Å². The van der Waals surface area contributed by atoms with E-state index in [0.717, 1.165) is 12.8 Å². The molecule has 2 saturated heterocycles. The van der Waals surface area contributed by atoms with Crippen molar-refractivity contribution in [1.82, 2.24) is 4.98 Å². The van der Waals surface area contributed by atoms with Gasteiger partial charge in [-0.1, -0.05) is 37.6 Å². The number of nitrogens with zero attached hydrogens (tertiary/aromatic N) is 1. The molecule has 176 valence electrons. The number of aromatic nitrogens is 1. The number of rotatable bonds is 9. The average Bonchev–Trinajstić information content (AvgIpc) is 3.40. The fraction of sp³-hybridized carbons (Fsp3) is 0.480. The van der Waals surface area contributed by atoms with E-state index < -0.39 is 42.5 Å². The smallest absolute Gasteiger partial charge is 0.339 e. The van der Waals surface area contributed by atoms with Gasteiger partial charge in [-0.2, -0.15) is 0 Å². The first-order valence-electron chi connectivity index (χ1n) is 11.4. The maximum Gasteiger partial charge on any atom is 0.339 e. The summed E-state index contributed by atoms with van der Waals surface area (Å²) in [7, 11) is 0. The number of fused-ring (bicyclic) bond motifs is 1. The molecule has 0 amide bonds. The second-order valence-corrected chi connectivity index (χ2v) is 8.31. The van der Waals surface area contributed by atoms with Gasteiger partial charge < -0.3 is 24.1 Å². The normalized spacial score (nSPS) is 24.8. The van der Waals surface area contributed by atoms with E-state index in [0.29, 0.717) is 23.2 Å². The highest BCUT2D eigenvalue weighted by Crippen LogP contribution is 2.31. The Morgan fingerprint density at radius 1 is 1.12 bits per heavy atom. The number of esters is 2. The minimum atomic E-state index is -0.720. The summed E-state index contributed by atoms with van der Waals surface area (Å²) in [6, 6.07) is 12.4. The standard InChI is InChI=1S/C25H29NO7/c1-2-3-11-20(32-22(28)13-16-8-6-7-12-26-16)17-9-4-5-10-18(17)25(29)33-21-15-31-23-19(27)14-30-24(21)23/h4-10,12,19-21,23-24,27H,2-3,11,13-15H2,1H3/t19-,20?,21?,23-,24-/m1/s1. The van der Waals surface area contributed by atoms with Gasteiger partial charge in [-0.15, -0.1) is 0 Å². The Morgan fingerprint density at radius 3 is 2.70 bits per heavy atom. The zero-order chi connectivity index (χ0) is 23.2. The van der Waals surface area contributed by atoms with Crippen LogP contribution in [-0.2, 0) is 30.2 Å². The van der Waals surface area contributed by atoms with E-state index in [4.69, 9.17) is 18.9 Å². The van der Waals surface area contributed by atoms with Crippen LogP contribution in [0.4, 0.5) is 0 Å². The van der Waals surface area contributed by atoms with Gasteiger partial charge in [0.2, 0.25) is 0 Å². The molecule has 2 unspecified atom stereocenters.